The zero-order valence-electron chi connectivity index (χ0n) is 11.9. The number of amides is 1. The summed E-state index contributed by atoms with van der Waals surface area (Å²) in [6, 6.07) is 5.28. The molecule has 0 spiro atoms. The van der Waals surface area contributed by atoms with E-state index in [1.165, 1.54) is 0 Å². The molecule has 2 unspecified atom stereocenters. The van der Waals surface area contributed by atoms with E-state index in [9.17, 15) is 9.90 Å². The molecule has 5 heteroatoms. The van der Waals surface area contributed by atoms with Crippen LogP contribution < -0.4 is 10.1 Å². The Balaban J connectivity index is 1.82. The lowest BCUT2D eigenvalue weighted by atomic mass is 9.64. The quantitative estimate of drug-likeness (QED) is 0.896. The van der Waals surface area contributed by atoms with E-state index in [4.69, 9.17) is 16.3 Å². The molecule has 1 aromatic carbocycles. The number of aliphatic hydroxyl groups excluding tert-OH is 1. The summed E-state index contributed by atoms with van der Waals surface area (Å²) < 4.78 is 5.43. The van der Waals surface area contributed by atoms with Gasteiger partial charge in [0.15, 0.2) is 6.61 Å². The molecule has 0 radical (unpaired) electrons. The molecule has 0 heterocycles. The fourth-order valence-corrected chi connectivity index (χ4v) is 2.36. The fraction of sp³-hybridized carbons (Fsp3) is 0.533. The van der Waals surface area contributed by atoms with Gasteiger partial charge in [0.2, 0.25) is 0 Å². The highest BCUT2D eigenvalue weighted by Crippen LogP contribution is 2.40. The van der Waals surface area contributed by atoms with E-state index < -0.39 is 0 Å². The molecule has 4 nitrogen and oxygen atoms in total. The van der Waals surface area contributed by atoms with Gasteiger partial charge < -0.3 is 15.2 Å². The maximum atomic E-state index is 11.8. The molecule has 1 fully saturated rings. The van der Waals surface area contributed by atoms with Gasteiger partial charge in [0, 0.05) is 16.5 Å². The normalized spacial score (nSPS) is 23.9. The highest BCUT2D eigenvalue weighted by Gasteiger charge is 2.47. The maximum absolute atomic E-state index is 11.8. The number of aliphatic hydroxyl groups is 1. The van der Waals surface area contributed by atoms with Crippen LogP contribution in [0.25, 0.3) is 0 Å². The molecule has 0 saturated heterocycles. The van der Waals surface area contributed by atoms with E-state index in [0.717, 1.165) is 5.56 Å². The van der Waals surface area contributed by atoms with E-state index in [2.05, 4.69) is 5.32 Å². The highest BCUT2D eigenvalue weighted by molar-refractivity contribution is 6.31. The summed E-state index contributed by atoms with van der Waals surface area (Å²) in [6.45, 7) is 5.72. The molecule has 110 valence electrons. The second-order valence-electron chi connectivity index (χ2n) is 5.89. The average molecular weight is 298 g/mol. The highest BCUT2D eigenvalue weighted by atomic mass is 35.5. The van der Waals surface area contributed by atoms with E-state index in [0.29, 0.717) is 17.2 Å². The molecule has 2 atom stereocenters. The van der Waals surface area contributed by atoms with Crippen LogP contribution in [0.1, 0.15) is 25.8 Å². The SMILES string of the molecule is Cc1cc(OCC(=O)NC2CC(O)C2(C)C)ccc1Cl. The van der Waals surface area contributed by atoms with Gasteiger partial charge in [-0.15, -0.1) is 0 Å². The molecule has 1 aliphatic rings. The first-order valence-electron chi connectivity index (χ1n) is 6.67. The van der Waals surface area contributed by atoms with Crippen LogP contribution in [-0.2, 0) is 4.79 Å². The molecule has 0 bridgehead atoms. The molecule has 1 aliphatic carbocycles. The van der Waals surface area contributed by atoms with Crippen molar-refractivity contribution < 1.29 is 14.6 Å². The summed E-state index contributed by atoms with van der Waals surface area (Å²) in [4.78, 5) is 11.8. The van der Waals surface area contributed by atoms with Crippen molar-refractivity contribution in [2.75, 3.05) is 6.61 Å². The predicted molar refractivity (Wildman–Crippen MR) is 78.0 cm³/mol. The van der Waals surface area contributed by atoms with Crippen molar-refractivity contribution in [2.45, 2.75) is 39.3 Å². The van der Waals surface area contributed by atoms with Crippen molar-refractivity contribution in [3.63, 3.8) is 0 Å². The Labute approximate surface area is 124 Å². The third kappa shape index (κ3) is 3.07. The predicted octanol–water partition coefficient (Wildman–Crippen LogP) is 2.30. The summed E-state index contributed by atoms with van der Waals surface area (Å²) in [5.74, 6) is 0.442. The lowest BCUT2D eigenvalue weighted by Crippen LogP contribution is -2.61. The largest absolute Gasteiger partial charge is 0.484 e. The summed E-state index contributed by atoms with van der Waals surface area (Å²) in [5.41, 5.74) is 0.639. The van der Waals surface area contributed by atoms with Gasteiger partial charge in [0.05, 0.1) is 6.10 Å². The molecular formula is C15H20ClNO3. The third-order valence-corrected chi connectivity index (χ3v) is 4.47. The fourth-order valence-electron chi connectivity index (χ4n) is 2.24. The van der Waals surface area contributed by atoms with Crippen LogP contribution in [-0.4, -0.2) is 29.8 Å². The monoisotopic (exact) mass is 297 g/mol. The molecule has 2 N–H and O–H groups in total. The Hall–Kier alpha value is -1.26. The second kappa shape index (κ2) is 5.62. The standard InChI is InChI=1S/C15H20ClNO3/c1-9-6-10(4-5-11(9)16)20-8-14(19)17-12-7-13(18)15(12,2)3/h4-6,12-13,18H,7-8H2,1-3H3,(H,17,19). The number of ether oxygens (including phenoxy) is 1. The van der Waals surface area contributed by atoms with Gasteiger partial charge in [-0.1, -0.05) is 25.4 Å². The van der Waals surface area contributed by atoms with Crippen LogP contribution in [0.3, 0.4) is 0 Å². The van der Waals surface area contributed by atoms with Crippen molar-refractivity contribution in [1.29, 1.82) is 0 Å². The van der Waals surface area contributed by atoms with Crippen LogP contribution in [0.15, 0.2) is 18.2 Å². The molecule has 1 amide bonds. The molecule has 0 aliphatic heterocycles. The maximum Gasteiger partial charge on any atom is 0.258 e. The topological polar surface area (TPSA) is 58.6 Å². The number of aryl methyl sites for hydroxylation is 1. The Morgan fingerprint density at radius 3 is 2.80 bits per heavy atom. The first kappa shape index (κ1) is 15.1. The zero-order valence-corrected chi connectivity index (χ0v) is 12.7. The van der Waals surface area contributed by atoms with Crippen molar-refractivity contribution >= 4 is 17.5 Å². The number of hydrogen-bond acceptors (Lipinski definition) is 3. The van der Waals surface area contributed by atoms with Crippen molar-refractivity contribution in [3.8, 4) is 5.75 Å². The minimum atomic E-state index is -0.354. The molecular weight excluding hydrogens is 278 g/mol. The number of hydrogen-bond donors (Lipinski definition) is 2. The molecule has 1 aromatic rings. The number of benzene rings is 1. The van der Waals surface area contributed by atoms with E-state index in [-0.39, 0.29) is 30.1 Å². The summed E-state index contributed by atoms with van der Waals surface area (Å²) in [5, 5.41) is 13.2. The minimum Gasteiger partial charge on any atom is -0.484 e. The second-order valence-corrected chi connectivity index (χ2v) is 6.30. The van der Waals surface area contributed by atoms with Crippen molar-refractivity contribution in [3.05, 3.63) is 28.8 Å². The van der Waals surface area contributed by atoms with E-state index >= 15 is 0 Å². The van der Waals surface area contributed by atoms with Gasteiger partial charge in [-0.05, 0) is 37.1 Å². The first-order valence-corrected chi connectivity index (χ1v) is 7.05. The molecule has 2 rings (SSSR count). The van der Waals surface area contributed by atoms with Gasteiger partial charge in [0.1, 0.15) is 5.75 Å². The smallest absolute Gasteiger partial charge is 0.258 e. The van der Waals surface area contributed by atoms with E-state index in [1.54, 1.807) is 18.2 Å². The van der Waals surface area contributed by atoms with Gasteiger partial charge in [-0.3, -0.25) is 4.79 Å². The van der Waals surface area contributed by atoms with Crippen LogP contribution in [0.4, 0.5) is 0 Å². The first-order chi connectivity index (χ1) is 9.30. The van der Waals surface area contributed by atoms with E-state index in [1.807, 2.05) is 20.8 Å². The zero-order chi connectivity index (χ0) is 14.9. The summed E-state index contributed by atoms with van der Waals surface area (Å²) in [7, 11) is 0. The average Bonchev–Trinajstić information content (AvgIpc) is 2.40. The number of halogens is 1. The van der Waals surface area contributed by atoms with Crippen LogP contribution in [0.5, 0.6) is 5.75 Å². The van der Waals surface area contributed by atoms with Gasteiger partial charge >= 0.3 is 0 Å². The van der Waals surface area contributed by atoms with Crippen LogP contribution in [0.2, 0.25) is 5.02 Å². The third-order valence-electron chi connectivity index (χ3n) is 4.05. The van der Waals surface area contributed by atoms with Crippen LogP contribution in [0, 0.1) is 12.3 Å². The molecule has 20 heavy (non-hydrogen) atoms. The Bertz CT molecular complexity index is 516. The molecule has 0 aromatic heterocycles. The van der Waals surface area contributed by atoms with Gasteiger partial charge in [-0.2, -0.15) is 0 Å². The number of nitrogens with one attached hydrogen (secondary N) is 1. The minimum absolute atomic E-state index is 0.000513. The van der Waals surface area contributed by atoms with Gasteiger partial charge in [-0.25, -0.2) is 0 Å². The Kier molecular flexibility index (Phi) is 4.25. The van der Waals surface area contributed by atoms with Crippen LogP contribution >= 0.6 is 11.6 Å². The lowest BCUT2D eigenvalue weighted by molar-refractivity contribution is -0.131. The summed E-state index contributed by atoms with van der Waals surface area (Å²) in [6.07, 6.45) is 0.242. The Morgan fingerprint density at radius 1 is 1.55 bits per heavy atom. The van der Waals surface area contributed by atoms with Gasteiger partial charge in [0.25, 0.3) is 5.91 Å². The number of carbonyl (C=O) groups is 1. The number of carbonyl (C=O) groups excluding carboxylic acids is 1. The lowest BCUT2D eigenvalue weighted by Gasteiger charge is -2.49. The molecule has 1 saturated carbocycles. The number of rotatable bonds is 4. The van der Waals surface area contributed by atoms with Crippen molar-refractivity contribution in [1.82, 2.24) is 5.32 Å². The van der Waals surface area contributed by atoms with Crippen molar-refractivity contribution in [2.24, 2.45) is 5.41 Å². The Morgan fingerprint density at radius 2 is 2.25 bits per heavy atom. The summed E-state index contributed by atoms with van der Waals surface area (Å²) >= 11 is 5.93.